The second kappa shape index (κ2) is 5.06. The van der Waals surface area contributed by atoms with Gasteiger partial charge in [-0.05, 0) is 24.7 Å². The van der Waals surface area contributed by atoms with Crippen LogP contribution in [0.3, 0.4) is 0 Å². The molecule has 0 aliphatic rings. The number of hydrogen-bond donors (Lipinski definition) is 2. The van der Waals surface area contributed by atoms with E-state index < -0.39 is 0 Å². The van der Waals surface area contributed by atoms with Crippen molar-refractivity contribution in [2.24, 2.45) is 0 Å². The first kappa shape index (κ1) is 9.42. The lowest BCUT2D eigenvalue weighted by atomic mass is 10.2. The van der Waals surface area contributed by atoms with Crippen LogP contribution in [-0.4, -0.2) is 13.3 Å². The van der Waals surface area contributed by atoms with Crippen molar-refractivity contribution >= 4 is 17.6 Å². The molecule has 0 aromatic heterocycles. The SMILES string of the molecule is CNCc1ccc(NSC)cc1. The Morgan fingerprint density at radius 1 is 1.25 bits per heavy atom. The van der Waals surface area contributed by atoms with Gasteiger partial charge in [0.05, 0.1) is 0 Å². The highest BCUT2D eigenvalue weighted by Gasteiger charge is 1.91. The maximum atomic E-state index is 3.17. The van der Waals surface area contributed by atoms with Gasteiger partial charge < -0.3 is 10.0 Å². The van der Waals surface area contributed by atoms with Crippen molar-refractivity contribution in [2.45, 2.75) is 6.54 Å². The lowest BCUT2D eigenvalue weighted by Crippen LogP contribution is -2.04. The molecule has 0 saturated carbocycles. The van der Waals surface area contributed by atoms with Crippen molar-refractivity contribution in [1.82, 2.24) is 5.32 Å². The summed E-state index contributed by atoms with van der Waals surface area (Å²) in [6.45, 7) is 0.930. The van der Waals surface area contributed by atoms with Gasteiger partial charge in [0.1, 0.15) is 0 Å². The molecule has 0 bridgehead atoms. The van der Waals surface area contributed by atoms with E-state index in [-0.39, 0.29) is 0 Å². The molecule has 1 aromatic carbocycles. The molecule has 12 heavy (non-hydrogen) atoms. The molecule has 0 saturated heterocycles. The minimum Gasteiger partial charge on any atom is -0.330 e. The van der Waals surface area contributed by atoms with E-state index in [1.807, 2.05) is 13.3 Å². The molecule has 0 heterocycles. The van der Waals surface area contributed by atoms with Crippen LogP contribution in [0.25, 0.3) is 0 Å². The fourth-order valence-corrected chi connectivity index (χ4v) is 1.38. The largest absolute Gasteiger partial charge is 0.330 e. The highest BCUT2D eigenvalue weighted by atomic mass is 32.2. The first-order valence-corrected chi connectivity index (χ1v) is 5.12. The summed E-state index contributed by atoms with van der Waals surface area (Å²) in [5, 5.41) is 3.11. The molecule has 66 valence electrons. The van der Waals surface area contributed by atoms with Gasteiger partial charge >= 0.3 is 0 Å². The average molecular weight is 182 g/mol. The molecule has 0 aliphatic carbocycles. The normalized spacial score (nSPS) is 9.83. The Morgan fingerprint density at radius 3 is 2.42 bits per heavy atom. The summed E-state index contributed by atoms with van der Waals surface area (Å²) in [4.78, 5) is 0. The molecule has 1 rings (SSSR count). The topological polar surface area (TPSA) is 24.1 Å². The Bertz CT molecular complexity index is 195. The van der Waals surface area contributed by atoms with Crippen LogP contribution in [0.15, 0.2) is 24.3 Å². The number of nitrogens with one attached hydrogen (secondary N) is 2. The predicted molar refractivity (Wildman–Crippen MR) is 56.3 cm³/mol. The molecule has 0 radical (unpaired) electrons. The number of benzene rings is 1. The fraction of sp³-hybridized carbons (Fsp3) is 0.333. The van der Waals surface area contributed by atoms with Gasteiger partial charge in [-0.15, -0.1) is 0 Å². The van der Waals surface area contributed by atoms with Gasteiger partial charge in [0.2, 0.25) is 0 Å². The van der Waals surface area contributed by atoms with E-state index in [1.54, 1.807) is 11.9 Å². The van der Waals surface area contributed by atoms with Crippen molar-refractivity contribution in [2.75, 3.05) is 18.0 Å². The lowest BCUT2D eigenvalue weighted by molar-refractivity contribution is 0.818. The van der Waals surface area contributed by atoms with Crippen LogP contribution in [0.4, 0.5) is 5.69 Å². The van der Waals surface area contributed by atoms with Crippen LogP contribution < -0.4 is 10.0 Å². The fourth-order valence-electron chi connectivity index (χ4n) is 1.01. The van der Waals surface area contributed by atoms with E-state index in [1.165, 1.54) is 5.56 Å². The Hall–Kier alpha value is -0.670. The zero-order valence-electron chi connectivity index (χ0n) is 7.42. The number of rotatable bonds is 4. The van der Waals surface area contributed by atoms with Crippen molar-refractivity contribution in [3.63, 3.8) is 0 Å². The molecule has 0 amide bonds. The molecular formula is C9H14N2S. The third kappa shape index (κ3) is 2.75. The summed E-state index contributed by atoms with van der Waals surface area (Å²) in [6.07, 6.45) is 2.02. The Labute approximate surface area is 77.9 Å². The summed E-state index contributed by atoms with van der Waals surface area (Å²) in [7, 11) is 1.95. The van der Waals surface area contributed by atoms with Crippen LogP contribution in [0.5, 0.6) is 0 Å². The maximum Gasteiger partial charge on any atom is 0.0440 e. The van der Waals surface area contributed by atoms with E-state index in [0.717, 1.165) is 12.2 Å². The van der Waals surface area contributed by atoms with Crippen LogP contribution >= 0.6 is 11.9 Å². The van der Waals surface area contributed by atoms with Gasteiger partial charge in [-0.1, -0.05) is 24.1 Å². The molecule has 2 nitrogen and oxygen atoms in total. The smallest absolute Gasteiger partial charge is 0.0440 e. The van der Waals surface area contributed by atoms with Crippen molar-refractivity contribution in [1.29, 1.82) is 0 Å². The second-order valence-corrected chi connectivity index (χ2v) is 3.15. The lowest BCUT2D eigenvalue weighted by Gasteiger charge is -2.03. The van der Waals surface area contributed by atoms with Gasteiger partial charge in [-0.2, -0.15) is 0 Å². The summed E-state index contributed by atoms with van der Waals surface area (Å²) in [6, 6.07) is 8.41. The first-order valence-electron chi connectivity index (χ1n) is 3.89. The molecule has 0 fully saturated rings. The Kier molecular flexibility index (Phi) is 3.97. The van der Waals surface area contributed by atoms with Crippen LogP contribution in [0.1, 0.15) is 5.56 Å². The van der Waals surface area contributed by atoms with E-state index in [4.69, 9.17) is 0 Å². The summed E-state index contributed by atoms with van der Waals surface area (Å²) >= 11 is 1.61. The van der Waals surface area contributed by atoms with E-state index >= 15 is 0 Å². The highest BCUT2D eigenvalue weighted by Crippen LogP contribution is 2.11. The zero-order valence-corrected chi connectivity index (χ0v) is 8.24. The van der Waals surface area contributed by atoms with E-state index in [9.17, 15) is 0 Å². The predicted octanol–water partition coefficient (Wildman–Crippen LogP) is 2.10. The maximum absolute atomic E-state index is 3.17. The van der Waals surface area contributed by atoms with Gasteiger partial charge in [0, 0.05) is 18.5 Å². The van der Waals surface area contributed by atoms with Crippen molar-refractivity contribution < 1.29 is 0 Å². The van der Waals surface area contributed by atoms with Gasteiger partial charge in [-0.25, -0.2) is 0 Å². The Balaban J connectivity index is 2.58. The van der Waals surface area contributed by atoms with Crippen molar-refractivity contribution in [3.05, 3.63) is 29.8 Å². The number of anilines is 1. The van der Waals surface area contributed by atoms with Gasteiger partial charge in [0.25, 0.3) is 0 Å². The third-order valence-corrected chi connectivity index (χ3v) is 1.99. The molecule has 0 spiro atoms. The zero-order chi connectivity index (χ0) is 8.81. The molecule has 0 atom stereocenters. The van der Waals surface area contributed by atoms with E-state index in [0.29, 0.717) is 0 Å². The van der Waals surface area contributed by atoms with Crippen molar-refractivity contribution in [3.8, 4) is 0 Å². The first-order chi connectivity index (χ1) is 5.86. The van der Waals surface area contributed by atoms with Gasteiger partial charge in [0.15, 0.2) is 0 Å². The van der Waals surface area contributed by atoms with E-state index in [2.05, 4.69) is 34.3 Å². The second-order valence-electron chi connectivity index (χ2n) is 2.53. The Morgan fingerprint density at radius 2 is 1.92 bits per heavy atom. The summed E-state index contributed by atoms with van der Waals surface area (Å²) in [5.41, 5.74) is 2.46. The molecule has 0 aliphatic heterocycles. The molecule has 2 N–H and O–H groups in total. The summed E-state index contributed by atoms with van der Waals surface area (Å²) in [5.74, 6) is 0. The number of hydrogen-bond acceptors (Lipinski definition) is 3. The minimum atomic E-state index is 0.930. The molecule has 1 aromatic rings. The monoisotopic (exact) mass is 182 g/mol. The molecular weight excluding hydrogens is 168 g/mol. The van der Waals surface area contributed by atoms with Crippen LogP contribution in [0.2, 0.25) is 0 Å². The van der Waals surface area contributed by atoms with Gasteiger partial charge in [-0.3, -0.25) is 0 Å². The summed E-state index contributed by atoms with van der Waals surface area (Å²) < 4.78 is 3.17. The molecule has 0 unspecified atom stereocenters. The quantitative estimate of drug-likeness (QED) is 0.697. The van der Waals surface area contributed by atoms with Crippen LogP contribution in [0, 0.1) is 0 Å². The average Bonchev–Trinajstić information content (AvgIpc) is 2.09. The minimum absolute atomic E-state index is 0.930. The third-order valence-electron chi connectivity index (χ3n) is 1.55. The highest BCUT2D eigenvalue weighted by molar-refractivity contribution is 7.99. The standard InChI is InChI=1S/C9H14N2S/c1-10-7-8-3-5-9(6-4-8)11-12-2/h3-6,10-11H,7H2,1-2H3. The molecule has 3 heteroatoms. The van der Waals surface area contributed by atoms with Crippen LogP contribution in [-0.2, 0) is 6.54 Å².